The SMILES string of the molecule is CC1CC(C)C(C)N(C(=O)c2ccnc(F)c2)C1. The number of piperidine rings is 1. The number of rotatable bonds is 1. The molecule has 1 aromatic rings. The first kappa shape index (κ1) is 13.0. The van der Waals surface area contributed by atoms with Crippen molar-refractivity contribution in [3.63, 3.8) is 0 Å². The topological polar surface area (TPSA) is 33.2 Å². The zero-order valence-electron chi connectivity index (χ0n) is 11.1. The molecule has 3 unspecified atom stereocenters. The van der Waals surface area contributed by atoms with Gasteiger partial charge in [0.15, 0.2) is 0 Å². The lowest BCUT2D eigenvalue weighted by atomic mass is 9.85. The molecule has 0 N–H and O–H groups in total. The number of hydrogen-bond donors (Lipinski definition) is 0. The third-order valence-electron chi connectivity index (χ3n) is 3.83. The largest absolute Gasteiger partial charge is 0.335 e. The third-order valence-corrected chi connectivity index (χ3v) is 3.83. The standard InChI is InChI=1S/C14H19FN2O/c1-9-6-10(2)11(3)17(8-9)14(18)12-4-5-16-13(15)7-12/h4-5,7,9-11H,6,8H2,1-3H3. The minimum atomic E-state index is -0.605. The minimum Gasteiger partial charge on any atom is -0.335 e. The monoisotopic (exact) mass is 250 g/mol. The molecular weight excluding hydrogens is 231 g/mol. The van der Waals surface area contributed by atoms with Gasteiger partial charge in [-0.15, -0.1) is 0 Å². The highest BCUT2D eigenvalue weighted by Gasteiger charge is 2.32. The Morgan fingerprint density at radius 1 is 1.44 bits per heavy atom. The lowest BCUT2D eigenvalue weighted by Gasteiger charge is -2.41. The van der Waals surface area contributed by atoms with Crippen molar-refractivity contribution in [2.45, 2.75) is 33.2 Å². The second-order valence-corrected chi connectivity index (χ2v) is 5.38. The van der Waals surface area contributed by atoms with E-state index in [1.165, 1.54) is 12.3 Å². The van der Waals surface area contributed by atoms with Crippen LogP contribution in [0.2, 0.25) is 0 Å². The van der Waals surface area contributed by atoms with Crippen molar-refractivity contribution in [1.82, 2.24) is 9.88 Å². The molecule has 0 radical (unpaired) electrons. The van der Waals surface area contributed by atoms with Crippen LogP contribution in [0.1, 0.15) is 37.6 Å². The fourth-order valence-electron chi connectivity index (χ4n) is 2.68. The number of hydrogen-bond acceptors (Lipinski definition) is 2. The summed E-state index contributed by atoms with van der Waals surface area (Å²) in [6.07, 6.45) is 2.47. The van der Waals surface area contributed by atoms with Crippen molar-refractivity contribution < 1.29 is 9.18 Å². The Hall–Kier alpha value is -1.45. The van der Waals surface area contributed by atoms with Gasteiger partial charge in [0.2, 0.25) is 5.95 Å². The smallest absolute Gasteiger partial charge is 0.254 e. The lowest BCUT2D eigenvalue weighted by molar-refractivity contribution is 0.0455. The van der Waals surface area contributed by atoms with Crippen LogP contribution in [0, 0.1) is 17.8 Å². The van der Waals surface area contributed by atoms with Gasteiger partial charge in [-0.25, -0.2) is 4.98 Å². The molecule has 4 heteroatoms. The van der Waals surface area contributed by atoms with E-state index in [0.29, 0.717) is 17.4 Å². The van der Waals surface area contributed by atoms with Gasteiger partial charge in [-0.1, -0.05) is 13.8 Å². The van der Waals surface area contributed by atoms with E-state index in [1.807, 2.05) is 4.90 Å². The van der Waals surface area contributed by atoms with Crippen LogP contribution in [0.15, 0.2) is 18.3 Å². The Balaban J connectivity index is 2.22. The molecule has 1 aromatic heterocycles. The first-order valence-electron chi connectivity index (χ1n) is 6.41. The summed E-state index contributed by atoms with van der Waals surface area (Å²) in [5.74, 6) is 0.269. The molecule has 0 aromatic carbocycles. The van der Waals surface area contributed by atoms with Gasteiger partial charge in [-0.05, 0) is 31.2 Å². The van der Waals surface area contributed by atoms with Crippen LogP contribution in [-0.4, -0.2) is 28.4 Å². The summed E-state index contributed by atoms with van der Waals surface area (Å²) in [4.78, 5) is 17.7. The first-order valence-corrected chi connectivity index (χ1v) is 6.41. The maximum absolute atomic E-state index is 13.1. The van der Waals surface area contributed by atoms with E-state index in [1.54, 1.807) is 6.07 Å². The highest BCUT2D eigenvalue weighted by molar-refractivity contribution is 5.94. The van der Waals surface area contributed by atoms with Gasteiger partial charge in [0.1, 0.15) is 0 Å². The van der Waals surface area contributed by atoms with Crippen LogP contribution in [-0.2, 0) is 0 Å². The Morgan fingerprint density at radius 2 is 2.17 bits per heavy atom. The molecule has 18 heavy (non-hydrogen) atoms. The number of aromatic nitrogens is 1. The van der Waals surface area contributed by atoms with Gasteiger partial charge in [0, 0.05) is 30.4 Å². The molecule has 98 valence electrons. The summed E-state index contributed by atoms with van der Waals surface area (Å²) in [6.45, 7) is 7.11. The third kappa shape index (κ3) is 2.52. The molecule has 1 aliphatic rings. The van der Waals surface area contributed by atoms with E-state index in [9.17, 15) is 9.18 Å². The number of halogens is 1. The van der Waals surface area contributed by atoms with Gasteiger partial charge in [-0.3, -0.25) is 4.79 Å². The number of carbonyl (C=O) groups excluding carboxylic acids is 1. The van der Waals surface area contributed by atoms with E-state index in [4.69, 9.17) is 0 Å². The van der Waals surface area contributed by atoms with E-state index in [-0.39, 0.29) is 11.9 Å². The lowest BCUT2D eigenvalue weighted by Crippen LogP contribution is -2.48. The minimum absolute atomic E-state index is 0.0952. The average molecular weight is 250 g/mol. The second kappa shape index (κ2) is 5.04. The highest BCUT2D eigenvalue weighted by atomic mass is 19.1. The van der Waals surface area contributed by atoms with Crippen LogP contribution in [0.3, 0.4) is 0 Å². The molecule has 0 aliphatic carbocycles. The summed E-state index contributed by atoms with van der Waals surface area (Å²) in [5.41, 5.74) is 0.385. The Morgan fingerprint density at radius 3 is 2.83 bits per heavy atom. The van der Waals surface area contributed by atoms with Crippen molar-refractivity contribution >= 4 is 5.91 Å². The van der Waals surface area contributed by atoms with Crippen molar-refractivity contribution in [3.05, 3.63) is 29.8 Å². The van der Waals surface area contributed by atoms with Crippen LogP contribution in [0.25, 0.3) is 0 Å². The molecule has 0 bridgehead atoms. The zero-order chi connectivity index (χ0) is 13.3. The molecule has 3 atom stereocenters. The molecule has 1 amide bonds. The summed E-state index contributed by atoms with van der Waals surface area (Å²) < 4.78 is 13.1. The number of pyridine rings is 1. The number of nitrogens with zero attached hydrogens (tertiary/aromatic N) is 2. The Kier molecular flexibility index (Phi) is 3.64. The molecule has 2 rings (SSSR count). The quantitative estimate of drug-likeness (QED) is 0.718. The fourth-order valence-corrected chi connectivity index (χ4v) is 2.68. The van der Waals surface area contributed by atoms with Gasteiger partial charge in [0.05, 0.1) is 0 Å². The van der Waals surface area contributed by atoms with Gasteiger partial charge in [0.25, 0.3) is 5.91 Å². The maximum Gasteiger partial charge on any atom is 0.254 e. The van der Waals surface area contributed by atoms with E-state index in [0.717, 1.165) is 13.0 Å². The molecule has 1 saturated heterocycles. The van der Waals surface area contributed by atoms with Gasteiger partial charge < -0.3 is 4.90 Å². The summed E-state index contributed by atoms with van der Waals surface area (Å²) in [7, 11) is 0. The predicted molar refractivity (Wildman–Crippen MR) is 67.6 cm³/mol. The van der Waals surface area contributed by atoms with Gasteiger partial charge in [-0.2, -0.15) is 4.39 Å². The predicted octanol–water partition coefficient (Wildman–Crippen LogP) is 2.73. The van der Waals surface area contributed by atoms with Crippen LogP contribution < -0.4 is 0 Å². The van der Waals surface area contributed by atoms with E-state index < -0.39 is 5.95 Å². The average Bonchev–Trinajstić information content (AvgIpc) is 2.33. The normalized spacial score (nSPS) is 28.2. The molecule has 3 nitrogen and oxygen atoms in total. The van der Waals surface area contributed by atoms with Crippen LogP contribution in [0.4, 0.5) is 4.39 Å². The van der Waals surface area contributed by atoms with Crippen molar-refractivity contribution in [2.24, 2.45) is 11.8 Å². The number of likely N-dealkylation sites (tertiary alicyclic amines) is 1. The van der Waals surface area contributed by atoms with Crippen molar-refractivity contribution in [2.75, 3.05) is 6.54 Å². The Bertz CT molecular complexity index is 449. The number of amides is 1. The molecular formula is C14H19FN2O. The highest BCUT2D eigenvalue weighted by Crippen LogP contribution is 2.28. The summed E-state index contributed by atoms with van der Waals surface area (Å²) >= 11 is 0. The first-order chi connectivity index (χ1) is 8.49. The fraction of sp³-hybridized carbons (Fsp3) is 0.571. The molecule has 1 aliphatic heterocycles. The molecule has 0 saturated carbocycles. The van der Waals surface area contributed by atoms with Gasteiger partial charge >= 0.3 is 0 Å². The van der Waals surface area contributed by atoms with E-state index >= 15 is 0 Å². The maximum atomic E-state index is 13.1. The van der Waals surface area contributed by atoms with Crippen molar-refractivity contribution in [3.8, 4) is 0 Å². The molecule has 0 spiro atoms. The zero-order valence-corrected chi connectivity index (χ0v) is 11.1. The number of carbonyl (C=O) groups is 1. The second-order valence-electron chi connectivity index (χ2n) is 5.38. The summed E-state index contributed by atoms with van der Waals surface area (Å²) in [5, 5.41) is 0. The Labute approximate surface area is 107 Å². The van der Waals surface area contributed by atoms with Crippen LogP contribution in [0.5, 0.6) is 0 Å². The van der Waals surface area contributed by atoms with Crippen LogP contribution >= 0.6 is 0 Å². The molecule has 2 heterocycles. The molecule has 1 fully saturated rings. The van der Waals surface area contributed by atoms with E-state index in [2.05, 4.69) is 25.8 Å². The van der Waals surface area contributed by atoms with Crippen molar-refractivity contribution in [1.29, 1.82) is 0 Å². The summed E-state index contributed by atoms with van der Waals surface area (Å²) in [6, 6.07) is 2.98.